The van der Waals surface area contributed by atoms with E-state index >= 15 is 0 Å². The van der Waals surface area contributed by atoms with Gasteiger partial charge in [0.1, 0.15) is 11.6 Å². The molecular weight excluding hydrogens is 296 g/mol. The molecule has 0 fully saturated rings. The molecule has 0 saturated carbocycles. The lowest BCUT2D eigenvalue weighted by Gasteiger charge is -2.06. The highest BCUT2D eigenvalue weighted by atomic mass is 32.2. The molecule has 118 valence electrons. The van der Waals surface area contributed by atoms with Crippen LogP contribution in [0.25, 0.3) is 0 Å². The van der Waals surface area contributed by atoms with Crippen LogP contribution in [0.3, 0.4) is 0 Å². The molecule has 0 amide bonds. The molecule has 0 saturated heterocycles. The summed E-state index contributed by atoms with van der Waals surface area (Å²) in [5.74, 6) is -0.0134. The second-order valence-corrected chi connectivity index (χ2v) is 5.52. The minimum Gasteiger partial charge on any atom is -0.465 e. The van der Waals surface area contributed by atoms with E-state index in [0.717, 1.165) is 12.3 Å². The molecule has 0 heterocycles. The van der Waals surface area contributed by atoms with Gasteiger partial charge < -0.3 is 10.1 Å². The monoisotopic (exact) mass is 317 g/mol. The largest absolute Gasteiger partial charge is 0.465 e. The number of benzene rings is 1. The number of ether oxygens (including phenoxy) is 1. The van der Waals surface area contributed by atoms with Gasteiger partial charge in [0, 0.05) is 17.9 Å². The van der Waals surface area contributed by atoms with Crippen LogP contribution >= 0.6 is 11.8 Å². The zero-order valence-corrected chi connectivity index (χ0v) is 13.0. The Morgan fingerprint density at radius 2 is 2.00 bits per heavy atom. The van der Waals surface area contributed by atoms with E-state index in [2.05, 4.69) is 5.32 Å². The molecule has 6 heteroatoms. The molecule has 1 N–H and O–H groups in total. The molecule has 0 spiro atoms. The molecule has 0 aliphatic carbocycles. The van der Waals surface area contributed by atoms with Gasteiger partial charge in [-0.25, -0.2) is 8.78 Å². The third-order valence-electron chi connectivity index (χ3n) is 2.79. The van der Waals surface area contributed by atoms with Crippen molar-refractivity contribution >= 4 is 17.7 Å². The lowest BCUT2D eigenvalue weighted by Crippen LogP contribution is -2.20. The number of esters is 1. The van der Waals surface area contributed by atoms with Crippen LogP contribution in [0.15, 0.2) is 18.2 Å². The maximum absolute atomic E-state index is 13.4. The van der Waals surface area contributed by atoms with Crippen molar-refractivity contribution in [1.29, 1.82) is 0 Å². The van der Waals surface area contributed by atoms with Gasteiger partial charge >= 0.3 is 5.97 Å². The molecule has 0 atom stereocenters. The third kappa shape index (κ3) is 7.43. The van der Waals surface area contributed by atoms with Gasteiger partial charge in [0.25, 0.3) is 0 Å². The number of carbonyl (C=O) groups excluding carboxylic acids is 1. The number of thioether (sulfide) groups is 1. The van der Waals surface area contributed by atoms with Gasteiger partial charge in [-0.2, -0.15) is 0 Å². The predicted molar refractivity (Wildman–Crippen MR) is 81.5 cm³/mol. The summed E-state index contributed by atoms with van der Waals surface area (Å²) in [4.78, 5) is 11.1. The Bertz CT molecular complexity index is 423. The average Bonchev–Trinajstić information content (AvgIpc) is 2.44. The Hall–Kier alpha value is -1.14. The SMILES string of the molecule is CCOC(=O)CSCCNCCCc1c(F)cccc1F. The standard InChI is InChI=1S/C15H21F2NO2S/c1-2-20-15(19)11-21-10-9-18-8-4-5-12-13(16)6-3-7-14(12)17/h3,6-7,18H,2,4-5,8-11H2,1H3. The van der Waals surface area contributed by atoms with Crippen molar-refractivity contribution in [2.75, 3.05) is 31.2 Å². The first-order valence-corrected chi connectivity index (χ1v) is 8.17. The summed E-state index contributed by atoms with van der Waals surface area (Å²) in [6.45, 7) is 3.63. The third-order valence-corrected chi connectivity index (χ3v) is 3.72. The topological polar surface area (TPSA) is 38.3 Å². The van der Waals surface area contributed by atoms with Crippen molar-refractivity contribution in [3.63, 3.8) is 0 Å². The van der Waals surface area contributed by atoms with Crippen LogP contribution in [0.1, 0.15) is 18.9 Å². The van der Waals surface area contributed by atoms with Crippen molar-refractivity contribution in [3.8, 4) is 0 Å². The maximum atomic E-state index is 13.4. The van der Waals surface area contributed by atoms with Crippen LogP contribution in [0.4, 0.5) is 8.78 Å². The number of carbonyl (C=O) groups is 1. The minimum absolute atomic E-state index is 0.149. The van der Waals surface area contributed by atoms with Gasteiger partial charge in [0.05, 0.1) is 12.4 Å². The lowest BCUT2D eigenvalue weighted by atomic mass is 10.1. The first kappa shape index (κ1) is 17.9. The first-order chi connectivity index (χ1) is 10.1. The van der Waals surface area contributed by atoms with Crippen LogP contribution < -0.4 is 5.32 Å². The second kappa shape index (κ2) is 10.6. The Morgan fingerprint density at radius 1 is 1.29 bits per heavy atom. The summed E-state index contributed by atoms with van der Waals surface area (Å²) in [7, 11) is 0. The highest BCUT2D eigenvalue weighted by molar-refractivity contribution is 7.99. The number of rotatable bonds is 10. The van der Waals surface area contributed by atoms with E-state index in [1.54, 1.807) is 6.92 Å². The van der Waals surface area contributed by atoms with Crippen LogP contribution in [-0.4, -0.2) is 37.2 Å². The summed E-state index contributed by atoms with van der Waals surface area (Å²) in [5.41, 5.74) is 0.149. The van der Waals surface area contributed by atoms with E-state index in [9.17, 15) is 13.6 Å². The van der Waals surface area contributed by atoms with Crippen LogP contribution in [-0.2, 0) is 16.0 Å². The molecule has 0 radical (unpaired) electrons. The summed E-state index contributed by atoms with van der Waals surface area (Å²) in [5, 5.41) is 3.18. The smallest absolute Gasteiger partial charge is 0.315 e. The molecular formula is C15H21F2NO2S. The summed E-state index contributed by atoms with van der Waals surface area (Å²) in [6.07, 6.45) is 1.04. The molecule has 1 rings (SSSR count). The zero-order chi connectivity index (χ0) is 15.5. The number of hydrogen-bond acceptors (Lipinski definition) is 4. The molecule has 1 aromatic rings. The van der Waals surface area contributed by atoms with Gasteiger partial charge in [-0.3, -0.25) is 4.79 Å². The molecule has 3 nitrogen and oxygen atoms in total. The number of hydrogen-bond donors (Lipinski definition) is 1. The highest BCUT2D eigenvalue weighted by Gasteiger charge is 2.07. The quantitative estimate of drug-likeness (QED) is 0.532. The molecule has 0 aromatic heterocycles. The van der Waals surface area contributed by atoms with E-state index in [-0.39, 0.29) is 11.5 Å². The second-order valence-electron chi connectivity index (χ2n) is 4.41. The fourth-order valence-corrected chi connectivity index (χ4v) is 2.47. The average molecular weight is 317 g/mol. The van der Waals surface area contributed by atoms with Gasteiger partial charge in [0.15, 0.2) is 0 Å². The van der Waals surface area contributed by atoms with Crippen LogP contribution in [0.5, 0.6) is 0 Å². The van der Waals surface area contributed by atoms with E-state index in [1.807, 2.05) is 0 Å². The van der Waals surface area contributed by atoms with Crippen molar-refractivity contribution in [2.24, 2.45) is 0 Å². The Morgan fingerprint density at radius 3 is 2.67 bits per heavy atom. The van der Waals surface area contributed by atoms with E-state index in [4.69, 9.17) is 4.74 Å². The fraction of sp³-hybridized carbons (Fsp3) is 0.533. The highest BCUT2D eigenvalue weighted by Crippen LogP contribution is 2.13. The molecule has 0 aliphatic heterocycles. The lowest BCUT2D eigenvalue weighted by molar-refractivity contribution is -0.139. The first-order valence-electron chi connectivity index (χ1n) is 7.02. The van der Waals surface area contributed by atoms with Crippen molar-refractivity contribution in [1.82, 2.24) is 5.32 Å². The molecule has 0 bridgehead atoms. The Balaban J connectivity index is 2.04. The van der Waals surface area contributed by atoms with Gasteiger partial charge in [-0.05, 0) is 38.4 Å². The summed E-state index contributed by atoms with van der Waals surface area (Å²) >= 11 is 1.50. The van der Waals surface area contributed by atoms with Gasteiger partial charge in [-0.15, -0.1) is 11.8 Å². The Kier molecular flexibility index (Phi) is 9.01. The van der Waals surface area contributed by atoms with E-state index in [1.165, 1.54) is 30.0 Å². The van der Waals surface area contributed by atoms with Crippen LogP contribution in [0.2, 0.25) is 0 Å². The zero-order valence-electron chi connectivity index (χ0n) is 12.2. The van der Waals surface area contributed by atoms with E-state index < -0.39 is 11.6 Å². The van der Waals surface area contributed by atoms with E-state index in [0.29, 0.717) is 31.7 Å². The van der Waals surface area contributed by atoms with Crippen molar-refractivity contribution < 1.29 is 18.3 Å². The number of halogens is 2. The summed E-state index contributed by atoms with van der Waals surface area (Å²) < 4.78 is 31.5. The van der Waals surface area contributed by atoms with Gasteiger partial charge in [0.2, 0.25) is 0 Å². The van der Waals surface area contributed by atoms with Crippen molar-refractivity contribution in [3.05, 3.63) is 35.4 Å². The normalized spacial score (nSPS) is 10.6. The van der Waals surface area contributed by atoms with Crippen LogP contribution in [0, 0.1) is 11.6 Å². The molecule has 1 aromatic carbocycles. The summed E-state index contributed by atoms with van der Waals surface area (Å²) in [6, 6.07) is 3.92. The number of nitrogens with one attached hydrogen (secondary N) is 1. The molecule has 21 heavy (non-hydrogen) atoms. The maximum Gasteiger partial charge on any atom is 0.315 e. The predicted octanol–water partition coefficient (Wildman–Crippen LogP) is 2.78. The molecule has 0 aliphatic rings. The Labute approximate surface area is 128 Å². The fourth-order valence-electron chi connectivity index (χ4n) is 1.79. The van der Waals surface area contributed by atoms with Gasteiger partial charge in [-0.1, -0.05) is 6.07 Å². The minimum atomic E-state index is -0.486. The molecule has 0 unspecified atom stereocenters. The van der Waals surface area contributed by atoms with Crippen molar-refractivity contribution in [2.45, 2.75) is 19.8 Å².